The van der Waals surface area contributed by atoms with E-state index >= 15 is 0 Å². The van der Waals surface area contributed by atoms with E-state index in [0.717, 1.165) is 48.3 Å². The fraction of sp³-hybridized carbons (Fsp3) is 0.750. The molecule has 1 saturated heterocycles. The van der Waals surface area contributed by atoms with Gasteiger partial charge in [-0.05, 0) is 30.9 Å². The van der Waals surface area contributed by atoms with E-state index in [1.807, 2.05) is 0 Å². The normalized spacial score (nSPS) is 18.3. The minimum Gasteiger partial charge on any atom is -0.382 e. The molecule has 1 aromatic rings. The average molecular weight is 333 g/mol. The van der Waals surface area contributed by atoms with Crippen molar-refractivity contribution >= 4 is 32.4 Å². The number of aromatic nitrogens is 1. The third-order valence-electron chi connectivity index (χ3n) is 3.78. The van der Waals surface area contributed by atoms with Crippen LogP contribution in [0.4, 0.5) is 10.8 Å². The van der Waals surface area contributed by atoms with Crippen molar-refractivity contribution in [2.24, 2.45) is 0 Å². The van der Waals surface area contributed by atoms with Crippen LogP contribution in [0.1, 0.15) is 19.8 Å². The van der Waals surface area contributed by atoms with Gasteiger partial charge in [0, 0.05) is 33.2 Å². The van der Waals surface area contributed by atoms with Crippen LogP contribution in [0.15, 0.2) is 4.90 Å². The van der Waals surface area contributed by atoms with E-state index in [4.69, 9.17) is 5.73 Å². The fourth-order valence-electron chi connectivity index (χ4n) is 2.40. The molecule has 2 heterocycles. The quantitative estimate of drug-likeness (QED) is 0.831. The van der Waals surface area contributed by atoms with E-state index < -0.39 is 10.0 Å². The molecule has 0 saturated carbocycles. The highest BCUT2D eigenvalue weighted by Crippen LogP contribution is 2.34. The van der Waals surface area contributed by atoms with Crippen LogP contribution in [-0.2, 0) is 10.0 Å². The minimum atomic E-state index is -3.58. The minimum absolute atomic E-state index is 0.0715. The summed E-state index contributed by atoms with van der Waals surface area (Å²) < 4.78 is 29.8. The lowest BCUT2D eigenvalue weighted by Crippen LogP contribution is -2.39. The Hall–Kier alpha value is -0.900. The first kappa shape index (κ1) is 16.5. The summed E-state index contributed by atoms with van der Waals surface area (Å²) in [6.45, 7) is 5.26. The summed E-state index contributed by atoms with van der Waals surface area (Å²) >= 11 is 1.12. The van der Waals surface area contributed by atoms with Crippen LogP contribution >= 0.6 is 11.5 Å². The third-order valence-corrected chi connectivity index (χ3v) is 6.60. The molecule has 21 heavy (non-hydrogen) atoms. The Kier molecular flexibility index (Phi) is 5.07. The zero-order chi connectivity index (χ0) is 15.6. The predicted molar refractivity (Wildman–Crippen MR) is 86.2 cm³/mol. The second-order valence-corrected chi connectivity index (χ2v) is 8.23. The van der Waals surface area contributed by atoms with Crippen LogP contribution in [0, 0.1) is 0 Å². The average Bonchev–Trinajstić information content (AvgIpc) is 2.81. The summed E-state index contributed by atoms with van der Waals surface area (Å²) in [6, 6.07) is 0.267. The first-order valence-corrected chi connectivity index (χ1v) is 9.24. The third kappa shape index (κ3) is 3.47. The smallest absolute Gasteiger partial charge is 0.249 e. The van der Waals surface area contributed by atoms with Gasteiger partial charge in [0.15, 0.2) is 10.7 Å². The van der Waals surface area contributed by atoms with Gasteiger partial charge >= 0.3 is 0 Å². The number of rotatable bonds is 5. The predicted octanol–water partition coefficient (Wildman–Crippen LogP) is 0.872. The molecular formula is C12H23N5O2S2. The molecule has 0 amide bonds. The van der Waals surface area contributed by atoms with Crippen LogP contribution < -0.4 is 11.1 Å². The van der Waals surface area contributed by atoms with Crippen LogP contribution in [-0.4, -0.2) is 61.8 Å². The van der Waals surface area contributed by atoms with Gasteiger partial charge in [0.2, 0.25) is 10.0 Å². The van der Waals surface area contributed by atoms with Crippen LogP contribution in [0.3, 0.4) is 0 Å². The maximum atomic E-state index is 12.3. The van der Waals surface area contributed by atoms with Crippen molar-refractivity contribution in [1.29, 1.82) is 0 Å². The molecule has 0 bridgehead atoms. The summed E-state index contributed by atoms with van der Waals surface area (Å²) in [7, 11) is -0.586. The summed E-state index contributed by atoms with van der Waals surface area (Å²) in [5.41, 5.74) is 5.76. The molecule has 2 rings (SSSR count). The van der Waals surface area contributed by atoms with E-state index in [1.54, 1.807) is 0 Å². The van der Waals surface area contributed by atoms with Crippen molar-refractivity contribution < 1.29 is 8.42 Å². The molecule has 7 nitrogen and oxygen atoms in total. The van der Waals surface area contributed by atoms with E-state index in [0.29, 0.717) is 5.00 Å². The molecule has 0 aliphatic carbocycles. The summed E-state index contributed by atoms with van der Waals surface area (Å²) in [5, 5.41) is 3.87. The first-order valence-electron chi connectivity index (χ1n) is 7.02. The summed E-state index contributed by atoms with van der Waals surface area (Å²) in [5.74, 6) is 0.0715. The molecular weight excluding hydrogens is 310 g/mol. The number of nitrogen functional groups attached to an aromatic ring is 1. The molecule has 9 heteroatoms. The molecule has 0 radical (unpaired) electrons. The highest BCUT2D eigenvalue weighted by Gasteiger charge is 2.29. The number of hydrogen-bond acceptors (Lipinski definition) is 7. The number of likely N-dealkylation sites (tertiary alicyclic amines) is 1. The first-order chi connectivity index (χ1) is 9.86. The van der Waals surface area contributed by atoms with Gasteiger partial charge in [0.05, 0.1) is 0 Å². The lowest BCUT2D eigenvalue weighted by Gasteiger charge is -2.31. The van der Waals surface area contributed by atoms with Gasteiger partial charge in [-0.15, -0.1) is 0 Å². The number of piperidine rings is 1. The van der Waals surface area contributed by atoms with Gasteiger partial charge in [0.25, 0.3) is 0 Å². The lowest BCUT2D eigenvalue weighted by molar-refractivity contribution is 0.229. The van der Waals surface area contributed by atoms with Gasteiger partial charge < -0.3 is 16.0 Å². The molecule has 0 atom stereocenters. The maximum absolute atomic E-state index is 12.3. The molecule has 0 unspecified atom stereocenters. The maximum Gasteiger partial charge on any atom is 0.249 e. The number of nitrogens with one attached hydrogen (secondary N) is 1. The van der Waals surface area contributed by atoms with Crippen molar-refractivity contribution in [3.8, 4) is 0 Å². The Balaban J connectivity index is 2.16. The monoisotopic (exact) mass is 333 g/mol. The van der Waals surface area contributed by atoms with Crippen molar-refractivity contribution in [2.75, 3.05) is 44.8 Å². The molecule has 120 valence electrons. The lowest BCUT2D eigenvalue weighted by atomic mass is 10.1. The number of nitrogens with zero attached hydrogens (tertiary/aromatic N) is 3. The second kappa shape index (κ2) is 6.47. The van der Waals surface area contributed by atoms with Gasteiger partial charge in [-0.25, -0.2) is 12.7 Å². The Bertz CT molecular complexity index is 576. The standard InChI is InChI=1S/C12H23N5O2S2/c1-4-17-7-5-9(6-8-17)14-12-10(11(13)15-20-12)21(18,19)16(2)3/h9,14H,4-8H2,1-3H3,(H2,13,15). The highest BCUT2D eigenvalue weighted by atomic mass is 32.2. The van der Waals surface area contributed by atoms with Gasteiger partial charge in [0.1, 0.15) is 5.00 Å². The zero-order valence-corrected chi connectivity index (χ0v) is 14.3. The van der Waals surface area contributed by atoms with E-state index in [-0.39, 0.29) is 16.8 Å². The van der Waals surface area contributed by atoms with Crippen molar-refractivity contribution in [3.63, 3.8) is 0 Å². The Morgan fingerprint density at radius 3 is 2.57 bits per heavy atom. The van der Waals surface area contributed by atoms with E-state index in [2.05, 4.69) is 21.5 Å². The molecule has 1 aromatic heterocycles. The fourth-order valence-corrected chi connectivity index (χ4v) is 4.54. The van der Waals surface area contributed by atoms with Crippen molar-refractivity contribution in [3.05, 3.63) is 0 Å². The zero-order valence-electron chi connectivity index (χ0n) is 12.7. The number of nitrogens with two attached hydrogens (primary N) is 1. The Morgan fingerprint density at radius 2 is 2.05 bits per heavy atom. The summed E-state index contributed by atoms with van der Waals surface area (Å²) in [4.78, 5) is 2.49. The molecule has 3 N–H and O–H groups in total. The number of anilines is 2. The van der Waals surface area contributed by atoms with Gasteiger partial charge in [-0.2, -0.15) is 4.37 Å². The Labute approximate surface area is 130 Å². The van der Waals surface area contributed by atoms with Crippen LogP contribution in [0.5, 0.6) is 0 Å². The Morgan fingerprint density at radius 1 is 1.43 bits per heavy atom. The SMILES string of the molecule is CCN1CCC(Nc2snc(N)c2S(=O)(=O)N(C)C)CC1. The van der Waals surface area contributed by atoms with Gasteiger partial charge in [-0.3, -0.25) is 0 Å². The second-order valence-electron chi connectivity index (χ2n) is 5.37. The number of hydrogen-bond donors (Lipinski definition) is 2. The molecule has 0 spiro atoms. The van der Waals surface area contributed by atoms with Crippen LogP contribution in [0.25, 0.3) is 0 Å². The summed E-state index contributed by atoms with van der Waals surface area (Å²) in [6.07, 6.45) is 1.99. The van der Waals surface area contributed by atoms with Crippen molar-refractivity contribution in [1.82, 2.24) is 13.6 Å². The number of sulfonamides is 1. The van der Waals surface area contributed by atoms with Crippen molar-refractivity contribution in [2.45, 2.75) is 30.7 Å². The van der Waals surface area contributed by atoms with Crippen LogP contribution in [0.2, 0.25) is 0 Å². The molecule has 1 aliphatic rings. The van der Waals surface area contributed by atoms with E-state index in [1.165, 1.54) is 14.1 Å². The largest absolute Gasteiger partial charge is 0.382 e. The topological polar surface area (TPSA) is 91.6 Å². The molecule has 0 aromatic carbocycles. The van der Waals surface area contributed by atoms with Gasteiger partial charge in [-0.1, -0.05) is 6.92 Å². The molecule has 1 fully saturated rings. The van der Waals surface area contributed by atoms with E-state index in [9.17, 15) is 8.42 Å². The highest BCUT2D eigenvalue weighted by molar-refractivity contribution is 7.89. The molecule has 1 aliphatic heterocycles.